The van der Waals surface area contributed by atoms with Crippen molar-refractivity contribution in [1.82, 2.24) is 0 Å². The summed E-state index contributed by atoms with van der Waals surface area (Å²) in [5.41, 5.74) is 0. The molecule has 0 atom stereocenters. The van der Waals surface area contributed by atoms with Crippen LogP contribution < -0.4 is 10.2 Å². The van der Waals surface area contributed by atoms with E-state index in [1.54, 1.807) is 0 Å². The van der Waals surface area contributed by atoms with Crippen molar-refractivity contribution < 1.29 is 53.9 Å². The standard InChI is InChI=1S/2C2H4O2.2Cu/c2*1-2(3)4;;/h2*1H3,(H,3,4);;/q;;+1;+2/p-2. The van der Waals surface area contributed by atoms with Crippen LogP contribution in [0.5, 0.6) is 0 Å². The monoisotopic (exact) mass is 244 g/mol. The van der Waals surface area contributed by atoms with E-state index in [-0.39, 0.29) is 34.1 Å². The molecule has 0 aromatic heterocycles. The Labute approximate surface area is 79.9 Å². The molecule has 0 heterocycles. The molecule has 1 radical (unpaired) electrons. The van der Waals surface area contributed by atoms with Crippen LogP contribution in [0.25, 0.3) is 0 Å². The summed E-state index contributed by atoms with van der Waals surface area (Å²) in [7, 11) is 0. The molecule has 4 nitrogen and oxygen atoms in total. The molecule has 0 aliphatic carbocycles. The molecular weight excluding hydrogens is 239 g/mol. The molecule has 6 heteroatoms. The van der Waals surface area contributed by atoms with Crippen LogP contribution in [0, 0.1) is 0 Å². The summed E-state index contributed by atoms with van der Waals surface area (Å²) in [6, 6.07) is 0. The van der Waals surface area contributed by atoms with E-state index in [2.05, 4.69) is 0 Å². The smallest absolute Gasteiger partial charge is 0.550 e. The minimum atomic E-state index is -1.08. The van der Waals surface area contributed by atoms with E-state index in [9.17, 15) is 0 Å². The number of hydrogen-bond acceptors (Lipinski definition) is 4. The van der Waals surface area contributed by atoms with Crippen molar-refractivity contribution in [1.29, 1.82) is 0 Å². The maximum atomic E-state index is 8.89. The fourth-order valence-corrected chi connectivity index (χ4v) is 0. The Morgan fingerprint density at radius 3 is 1.00 bits per heavy atom. The summed E-state index contributed by atoms with van der Waals surface area (Å²) < 4.78 is 0. The minimum absolute atomic E-state index is 0. The average Bonchev–Trinajstić information content (AvgIpc) is 1.25. The van der Waals surface area contributed by atoms with E-state index < -0.39 is 11.9 Å². The van der Waals surface area contributed by atoms with E-state index in [0.717, 1.165) is 13.8 Å². The molecule has 0 bridgehead atoms. The van der Waals surface area contributed by atoms with Crippen LogP contribution in [-0.2, 0) is 43.7 Å². The summed E-state index contributed by atoms with van der Waals surface area (Å²) in [5.74, 6) is -2.17. The van der Waals surface area contributed by atoms with Crippen molar-refractivity contribution in [2.24, 2.45) is 0 Å². The van der Waals surface area contributed by atoms with Gasteiger partial charge in [-0.25, -0.2) is 0 Å². The van der Waals surface area contributed by atoms with Gasteiger partial charge in [-0.05, 0) is 13.8 Å². The molecule has 0 saturated heterocycles. The Balaban J connectivity index is -0.0000000300. The molecule has 10 heavy (non-hydrogen) atoms. The first-order valence-electron chi connectivity index (χ1n) is 1.82. The van der Waals surface area contributed by atoms with E-state index in [4.69, 9.17) is 19.8 Å². The minimum Gasteiger partial charge on any atom is -0.550 e. The van der Waals surface area contributed by atoms with Gasteiger partial charge in [0.15, 0.2) is 0 Å². The van der Waals surface area contributed by atoms with Crippen LogP contribution in [-0.4, -0.2) is 11.9 Å². The first-order valence-corrected chi connectivity index (χ1v) is 1.82. The van der Waals surface area contributed by atoms with E-state index in [1.165, 1.54) is 0 Å². The van der Waals surface area contributed by atoms with Gasteiger partial charge in [0.05, 0.1) is 0 Å². The van der Waals surface area contributed by atoms with Crippen molar-refractivity contribution >= 4 is 11.9 Å². The summed E-state index contributed by atoms with van der Waals surface area (Å²) in [5, 5.41) is 17.8. The molecule has 0 aliphatic heterocycles. The predicted octanol–water partition coefficient (Wildman–Crippen LogP) is -2.49. The van der Waals surface area contributed by atoms with Crippen LogP contribution in [0.2, 0.25) is 0 Å². The van der Waals surface area contributed by atoms with Crippen LogP contribution in [0.3, 0.4) is 0 Å². The second-order valence-corrected chi connectivity index (χ2v) is 0.983. The molecule has 0 aliphatic rings. The Hall–Kier alpha value is -0.0210. The first kappa shape index (κ1) is 22.5. The number of rotatable bonds is 0. The van der Waals surface area contributed by atoms with Gasteiger partial charge in [0.2, 0.25) is 0 Å². The number of hydrogen-bond donors (Lipinski definition) is 0. The van der Waals surface area contributed by atoms with E-state index >= 15 is 0 Å². The quantitative estimate of drug-likeness (QED) is 0.442. The molecule has 0 N–H and O–H groups in total. The summed E-state index contributed by atoms with van der Waals surface area (Å²) in [4.78, 5) is 17.8. The number of aliphatic carboxylic acids is 2. The summed E-state index contributed by atoms with van der Waals surface area (Å²) in [6.45, 7) is 1.94. The van der Waals surface area contributed by atoms with Gasteiger partial charge in [0, 0.05) is 11.9 Å². The zero-order valence-electron chi connectivity index (χ0n) is 5.24. The molecule has 0 rings (SSSR count). The fraction of sp³-hybridized carbons (Fsp3) is 0.500. The zero-order chi connectivity index (χ0) is 7.15. The molecule has 0 spiro atoms. The molecule has 0 saturated carbocycles. The Bertz CT molecular complexity index is 73.3. The van der Waals surface area contributed by atoms with Gasteiger partial charge in [-0.15, -0.1) is 0 Å². The van der Waals surface area contributed by atoms with Gasteiger partial charge in [-0.2, -0.15) is 0 Å². The maximum absolute atomic E-state index is 8.89. The number of carboxylic acids is 2. The number of carbonyl (C=O) groups excluding carboxylic acids is 2. The van der Waals surface area contributed by atoms with E-state index in [1.807, 2.05) is 0 Å². The van der Waals surface area contributed by atoms with Crippen molar-refractivity contribution in [3.05, 3.63) is 0 Å². The largest absolute Gasteiger partial charge is 2.00 e. The SMILES string of the molecule is CC(=O)[O-].CC(=O)[O-].[Cu+2].[Cu+]. The van der Waals surface area contributed by atoms with Gasteiger partial charge in [0.25, 0.3) is 0 Å². The fourth-order valence-electron chi connectivity index (χ4n) is 0. The Morgan fingerprint density at radius 2 is 1.00 bits per heavy atom. The second-order valence-electron chi connectivity index (χ2n) is 0.983. The van der Waals surface area contributed by atoms with Crippen LogP contribution >= 0.6 is 0 Å². The average molecular weight is 245 g/mol. The predicted molar refractivity (Wildman–Crippen MR) is 21.4 cm³/mol. The molecule has 0 unspecified atom stereocenters. The van der Waals surface area contributed by atoms with Crippen molar-refractivity contribution in [3.8, 4) is 0 Å². The molecule has 67 valence electrons. The zero-order valence-corrected chi connectivity index (χ0v) is 7.12. The third-order valence-electron chi connectivity index (χ3n) is 0. The van der Waals surface area contributed by atoms with Gasteiger partial charge in [0.1, 0.15) is 0 Å². The van der Waals surface area contributed by atoms with Gasteiger partial charge in [-0.1, -0.05) is 0 Å². The second kappa shape index (κ2) is 16.0. The normalized spacial score (nSPS) is 5.00. The van der Waals surface area contributed by atoms with Gasteiger partial charge < -0.3 is 19.8 Å². The third kappa shape index (κ3) is 878000. The van der Waals surface area contributed by atoms with Crippen LogP contribution in [0.4, 0.5) is 0 Å². The molecule has 0 fully saturated rings. The first-order chi connectivity index (χ1) is 3.46. The molecule has 0 aromatic rings. The maximum Gasteiger partial charge on any atom is 2.00 e. The van der Waals surface area contributed by atoms with Crippen molar-refractivity contribution in [2.45, 2.75) is 13.8 Å². The van der Waals surface area contributed by atoms with Gasteiger partial charge in [-0.3, -0.25) is 0 Å². The van der Waals surface area contributed by atoms with Crippen LogP contribution in [0.1, 0.15) is 13.8 Å². The Kier molecular flexibility index (Phi) is 36.0. The van der Waals surface area contributed by atoms with E-state index in [0.29, 0.717) is 0 Å². The summed E-state index contributed by atoms with van der Waals surface area (Å²) in [6.07, 6.45) is 0. The van der Waals surface area contributed by atoms with Crippen molar-refractivity contribution in [2.75, 3.05) is 0 Å². The third-order valence-corrected chi connectivity index (χ3v) is 0. The molecule has 0 amide bonds. The topological polar surface area (TPSA) is 80.3 Å². The Morgan fingerprint density at radius 1 is 1.00 bits per heavy atom. The molecule has 0 aromatic carbocycles. The summed E-state index contributed by atoms with van der Waals surface area (Å²) >= 11 is 0. The number of carbonyl (C=O) groups is 2. The number of carboxylic acid groups (broad SMARTS) is 2. The van der Waals surface area contributed by atoms with Crippen LogP contribution in [0.15, 0.2) is 0 Å². The molecular formula is C4H6Cu2O4+. The van der Waals surface area contributed by atoms with Gasteiger partial charge >= 0.3 is 34.1 Å². The van der Waals surface area contributed by atoms with Crippen molar-refractivity contribution in [3.63, 3.8) is 0 Å².